The summed E-state index contributed by atoms with van der Waals surface area (Å²) in [6, 6.07) is 9.66. The molecule has 1 aromatic rings. The summed E-state index contributed by atoms with van der Waals surface area (Å²) in [5.74, 6) is 0. The van der Waals surface area contributed by atoms with Gasteiger partial charge in [-0.15, -0.1) is 0 Å². The fourth-order valence-electron chi connectivity index (χ4n) is 2.25. The van der Waals surface area contributed by atoms with Crippen molar-refractivity contribution in [1.82, 2.24) is 15.1 Å². The Bertz CT molecular complexity index is 445. The maximum Gasteiger partial charge on any atom is 0.410 e. The Kier molecular flexibility index (Phi) is 6.02. The van der Waals surface area contributed by atoms with Crippen molar-refractivity contribution in [2.45, 2.75) is 6.61 Å². The Morgan fingerprint density at radius 1 is 1.19 bits per heavy atom. The van der Waals surface area contributed by atoms with Crippen molar-refractivity contribution < 1.29 is 14.3 Å². The number of hydrogen-bond donors (Lipinski definition) is 1. The van der Waals surface area contributed by atoms with Crippen LogP contribution in [0, 0.1) is 0 Å². The molecule has 1 heterocycles. The van der Waals surface area contributed by atoms with Gasteiger partial charge in [0.15, 0.2) is 0 Å². The van der Waals surface area contributed by atoms with E-state index in [9.17, 15) is 9.59 Å². The zero-order valence-electron chi connectivity index (χ0n) is 12.0. The first-order chi connectivity index (χ1) is 10.3. The summed E-state index contributed by atoms with van der Waals surface area (Å²) in [5.41, 5.74) is 0.990. The highest BCUT2D eigenvalue weighted by Crippen LogP contribution is 2.06. The van der Waals surface area contributed by atoms with Gasteiger partial charge in [-0.3, -0.25) is 9.69 Å². The van der Waals surface area contributed by atoms with E-state index in [1.807, 2.05) is 30.3 Å². The Morgan fingerprint density at radius 2 is 1.90 bits per heavy atom. The topological polar surface area (TPSA) is 61.9 Å². The lowest BCUT2D eigenvalue weighted by Crippen LogP contribution is -2.50. The second-order valence-corrected chi connectivity index (χ2v) is 4.94. The molecule has 1 aliphatic rings. The van der Waals surface area contributed by atoms with Crippen LogP contribution in [0.4, 0.5) is 4.79 Å². The number of benzene rings is 1. The molecule has 1 N–H and O–H groups in total. The van der Waals surface area contributed by atoms with Crippen molar-refractivity contribution in [3.8, 4) is 0 Å². The zero-order chi connectivity index (χ0) is 14.9. The van der Waals surface area contributed by atoms with Gasteiger partial charge in [-0.05, 0) is 5.56 Å². The molecule has 0 atom stereocenters. The summed E-state index contributed by atoms with van der Waals surface area (Å²) in [6.07, 6.45) is 0.446. The average molecular weight is 291 g/mol. The summed E-state index contributed by atoms with van der Waals surface area (Å²) in [6.45, 7) is 4.70. The molecule has 6 nitrogen and oxygen atoms in total. The Morgan fingerprint density at radius 3 is 2.57 bits per heavy atom. The maximum atomic E-state index is 12.0. The van der Waals surface area contributed by atoms with Gasteiger partial charge in [0, 0.05) is 39.3 Å². The molecule has 0 aromatic heterocycles. The third-order valence-electron chi connectivity index (χ3n) is 3.49. The standard InChI is InChI=1S/C15H21N3O3/c19-13-16-6-7-17-8-10-18(11-9-17)15(20)21-12-14-4-2-1-3-5-14/h1-5,13H,6-12H2,(H,16,19). The van der Waals surface area contributed by atoms with E-state index >= 15 is 0 Å². The van der Waals surface area contributed by atoms with Crippen LogP contribution in [0.2, 0.25) is 0 Å². The summed E-state index contributed by atoms with van der Waals surface area (Å²) in [5, 5.41) is 2.64. The number of nitrogens with one attached hydrogen (secondary N) is 1. The molecular formula is C15H21N3O3. The summed E-state index contributed by atoms with van der Waals surface area (Å²) in [7, 11) is 0. The van der Waals surface area contributed by atoms with Crippen LogP contribution in [0.5, 0.6) is 0 Å². The van der Waals surface area contributed by atoms with E-state index in [0.717, 1.165) is 25.2 Å². The first-order valence-electron chi connectivity index (χ1n) is 7.14. The van der Waals surface area contributed by atoms with Gasteiger partial charge in [0.05, 0.1) is 0 Å². The van der Waals surface area contributed by atoms with E-state index in [2.05, 4.69) is 10.2 Å². The molecule has 0 aliphatic carbocycles. The minimum atomic E-state index is -0.260. The number of rotatable bonds is 6. The predicted molar refractivity (Wildman–Crippen MR) is 78.7 cm³/mol. The van der Waals surface area contributed by atoms with Crippen molar-refractivity contribution in [1.29, 1.82) is 0 Å². The molecule has 21 heavy (non-hydrogen) atoms. The van der Waals surface area contributed by atoms with Crippen LogP contribution < -0.4 is 5.32 Å². The van der Waals surface area contributed by atoms with E-state index < -0.39 is 0 Å². The van der Waals surface area contributed by atoms with Gasteiger partial charge >= 0.3 is 6.09 Å². The van der Waals surface area contributed by atoms with Gasteiger partial charge in [-0.25, -0.2) is 4.79 Å². The molecule has 2 rings (SSSR count). The number of nitrogens with zero attached hydrogens (tertiary/aromatic N) is 2. The van der Waals surface area contributed by atoms with Crippen molar-refractivity contribution in [2.24, 2.45) is 0 Å². The van der Waals surface area contributed by atoms with Crippen LogP contribution in [0.3, 0.4) is 0 Å². The minimum Gasteiger partial charge on any atom is -0.445 e. The van der Waals surface area contributed by atoms with Crippen LogP contribution >= 0.6 is 0 Å². The molecule has 6 heteroatoms. The highest BCUT2D eigenvalue weighted by atomic mass is 16.6. The van der Waals surface area contributed by atoms with E-state index in [1.165, 1.54) is 0 Å². The second-order valence-electron chi connectivity index (χ2n) is 4.94. The number of carbonyl (C=O) groups excluding carboxylic acids is 2. The highest BCUT2D eigenvalue weighted by molar-refractivity contribution is 5.67. The first kappa shape index (κ1) is 15.3. The van der Waals surface area contributed by atoms with Gasteiger partial charge in [0.1, 0.15) is 6.61 Å². The van der Waals surface area contributed by atoms with Gasteiger partial charge in [0.25, 0.3) is 0 Å². The molecule has 0 saturated carbocycles. The molecule has 2 amide bonds. The summed E-state index contributed by atoms with van der Waals surface area (Å²) >= 11 is 0. The number of hydrogen-bond acceptors (Lipinski definition) is 4. The van der Waals surface area contributed by atoms with Gasteiger partial charge in [0.2, 0.25) is 6.41 Å². The van der Waals surface area contributed by atoms with E-state index in [1.54, 1.807) is 4.90 Å². The normalized spacial score (nSPS) is 15.5. The molecule has 114 valence electrons. The second kappa shape index (κ2) is 8.26. The third-order valence-corrected chi connectivity index (χ3v) is 3.49. The molecule has 1 aromatic carbocycles. The van der Waals surface area contributed by atoms with Crippen molar-refractivity contribution in [3.63, 3.8) is 0 Å². The SMILES string of the molecule is O=CNCCN1CCN(C(=O)OCc2ccccc2)CC1. The minimum absolute atomic E-state index is 0.260. The fourth-order valence-corrected chi connectivity index (χ4v) is 2.25. The fraction of sp³-hybridized carbons (Fsp3) is 0.467. The van der Waals surface area contributed by atoms with Crippen LogP contribution in [0.1, 0.15) is 5.56 Å². The first-order valence-corrected chi connectivity index (χ1v) is 7.14. The van der Waals surface area contributed by atoms with Gasteiger partial charge < -0.3 is 15.0 Å². The largest absolute Gasteiger partial charge is 0.445 e. The van der Waals surface area contributed by atoms with Crippen molar-refractivity contribution in [2.75, 3.05) is 39.3 Å². The molecule has 0 radical (unpaired) electrons. The smallest absolute Gasteiger partial charge is 0.410 e. The van der Waals surface area contributed by atoms with Crippen LogP contribution in [-0.2, 0) is 16.1 Å². The van der Waals surface area contributed by atoms with Crippen molar-refractivity contribution in [3.05, 3.63) is 35.9 Å². The van der Waals surface area contributed by atoms with Gasteiger partial charge in [-0.2, -0.15) is 0 Å². The van der Waals surface area contributed by atoms with Crippen LogP contribution in [0.15, 0.2) is 30.3 Å². The number of carbonyl (C=O) groups is 2. The molecule has 1 fully saturated rings. The molecule has 0 unspecified atom stereocenters. The van der Waals surface area contributed by atoms with Crippen molar-refractivity contribution >= 4 is 12.5 Å². The third kappa shape index (κ3) is 5.07. The Labute approximate surface area is 124 Å². The zero-order valence-corrected chi connectivity index (χ0v) is 12.0. The molecule has 0 bridgehead atoms. The average Bonchev–Trinajstić information content (AvgIpc) is 2.54. The summed E-state index contributed by atoms with van der Waals surface area (Å²) < 4.78 is 5.31. The lowest BCUT2D eigenvalue weighted by Gasteiger charge is -2.33. The van der Waals surface area contributed by atoms with Crippen LogP contribution in [-0.4, -0.2) is 61.6 Å². The van der Waals surface area contributed by atoms with Gasteiger partial charge in [-0.1, -0.05) is 30.3 Å². The number of amides is 2. The molecular weight excluding hydrogens is 270 g/mol. The summed E-state index contributed by atoms with van der Waals surface area (Å²) in [4.78, 5) is 26.1. The maximum absolute atomic E-state index is 12.0. The van der Waals surface area contributed by atoms with E-state index in [4.69, 9.17) is 4.74 Å². The Hall–Kier alpha value is -2.08. The van der Waals surface area contributed by atoms with Crippen LogP contribution in [0.25, 0.3) is 0 Å². The Balaban J connectivity index is 1.67. The highest BCUT2D eigenvalue weighted by Gasteiger charge is 2.21. The molecule has 0 spiro atoms. The quantitative estimate of drug-likeness (QED) is 0.619. The number of piperazine rings is 1. The van der Waals surface area contributed by atoms with E-state index in [0.29, 0.717) is 32.7 Å². The van der Waals surface area contributed by atoms with E-state index in [-0.39, 0.29) is 6.09 Å². The monoisotopic (exact) mass is 291 g/mol. The lowest BCUT2D eigenvalue weighted by molar-refractivity contribution is -0.109. The molecule has 1 saturated heterocycles. The molecule has 1 aliphatic heterocycles. The number of ether oxygens (including phenoxy) is 1. The predicted octanol–water partition coefficient (Wildman–Crippen LogP) is 0.687. The lowest BCUT2D eigenvalue weighted by atomic mass is 10.2.